The van der Waals surface area contributed by atoms with Gasteiger partial charge in [0.1, 0.15) is 0 Å². The fourth-order valence-corrected chi connectivity index (χ4v) is 1.32. The maximum absolute atomic E-state index is 11.7. The number of nitrogens with zero attached hydrogens (tertiary/aromatic N) is 1. The summed E-state index contributed by atoms with van der Waals surface area (Å²) < 4.78 is 0. The molecule has 0 aliphatic rings. The first-order valence-electron chi connectivity index (χ1n) is 4.58. The highest BCUT2D eigenvalue weighted by molar-refractivity contribution is 7.80. The van der Waals surface area contributed by atoms with Crippen molar-refractivity contribution >= 4 is 23.1 Å². The van der Waals surface area contributed by atoms with Crippen LogP contribution in [-0.2, 0) is 4.79 Å². The van der Waals surface area contributed by atoms with Crippen LogP contribution in [0.3, 0.4) is 0 Å². The SMILES string of the molecule is CCCC(C(=O)N(C)CC)C(N)=S. The Kier molecular flexibility index (Phi) is 5.62. The molecule has 3 nitrogen and oxygen atoms in total. The molecule has 0 bridgehead atoms. The van der Waals surface area contributed by atoms with Gasteiger partial charge in [0.05, 0.1) is 10.9 Å². The number of rotatable bonds is 5. The summed E-state index contributed by atoms with van der Waals surface area (Å²) in [7, 11) is 1.77. The van der Waals surface area contributed by atoms with Gasteiger partial charge in [-0.25, -0.2) is 0 Å². The van der Waals surface area contributed by atoms with Crippen molar-refractivity contribution in [2.24, 2.45) is 11.7 Å². The summed E-state index contributed by atoms with van der Waals surface area (Å²) in [6.45, 7) is 4.65. The Bertz CT molecular complexity index is 194. The fraction of sp³-hybridized carbons (Fsp3) is 0.778. The van der Waals surface area contributed by atoms with Crippen molar-refractivity contribution in [1.29, 1.82) is 0 Å². The van der Waals surface area contributed by atoms with E-state index in [4.69, 9.17) is 18.0 Å². The summed E-state index contributed by atoms with van der Waals surface area (Å²) in [5, 5.41) is 0. The van der Waals surface area contributed by atoms with Crippen molar-refractivity contribution in [3.63, 3.8) is 0 Å². The number of thiocarbonyl (C=S) groups is 1. The van der Waals surface area contributed by atoms with E-state index in [2.05, 4.69) is 0 Å². The van der Waals surface area contributed by atoms with Gasteiger partial charge in [-0.1, -0.05) is 25.6 Å². The number of nitrogens with two attached hydrogens (primary N) is 1. The molecule has 13 heavy (non-hydrogen) atoms. The molecule has 1 unspecified atom stereocenters. The summed E-state index contributed by atoms with van der Waals surface area (Å²) in [4.78, 5) is 13.6. The summed E-state index contributed by atoms with van der Waals surface area (Å²) in [6.07, 6.45) is 1.67. The third-order valence-corrected chi connectivity index (χ3v) is 2.35. The molecule has 0 aromatic carbocycles. The van der Waals surface area contributed by atoms with Gasteiger partial charge in [-0.2, -0.15) is 0 Å². The highest BCUT2D eigenvalue weighted by atomic mass is 32.1. The van der Waals surface area contributed by atoms with Gasteiger partial charge in [-0.3, -0.25) is 4.79 Å². The smallest absolute Gasteiger partial charge is 0.232 e. The van der Waals surface area contributed by atoms with Gasteiger partial charge in [-0.15, -0.1) is 0 Å². The highest BCUT2D eigenvalue weighted by Crippen LogP contribution is 2.10. The Labute approximate surface area is 85.3 Å². The quantitative estimate of drug-likeness (QED) is 0.681. The minimum absolute atomic E-state index is 0.0388. The molecule has 0 saturated carbocycles. The molecule has 0 heterocycles. The lowest BCUT2D eigenvalue weighted by Crippen LogP contribution is -2.38. The standard InChI is InChI=1S/C9H18N2OS/c1-4-6-7(8(10)13)9(12)11(3)5-2/h7H,4-6H2,1-3H3,(H2,10,13). The third kappa shape index (κ3) is 3.72. The number of carbonyl (C=O) groups is 1. The second-order valence-corrected chi connectivity index (χ2v) is 3.57. The Morgan fingerprint density at radius 2 is 2.08 bits per heavy atom. The van der Waals surface area contributed by atoms with E-state index in [1.807, 2.05) is 13.8 Å². The summed E-state index contributed by atoms with van der Waals surface area (Å²) in [5.74, 6) is -0.234. The molecule has 2 N–H and O–H groups in total. The van der Waals surface area contributed by atoms with Crippen molar-refractivity contribution in [1.82, 2.24) is 4.90 Å². The minimum Gasteiger partial charge on any atom is -0.393 e. The second kappa shape index (κ2) is 5.91. The first-order chi connectivity index (χ1) is 6.04. The number of amides is 1. The van der Waals surface area contributed by atoms with Crippen LogP contribution in [0.4, 0.5) is 0 Å². The molecule has 4 heteroatoms. The van der Waals surface area contributed by atoms with Gasteiger partial charge < -0.3 is 10.6 Å². The van der Waals surface area contributed by atoms with E-state index in [9.17, 15) is 4.79 Å². The predicted octanol–water partition coefficient (Wildman–Crippen LogP) is 1.17. The lowest BCUT2D eigenvalue weighted by atomic mass is 10.0. The molecule has 0 spiro atoms. The number of hydrogen-bond donors (Lipinski definition) is 1. The van der Waals surface area contributed by atoms with Crippen LogP contribution in [0.5, 0.6) is 0 Å². The third-order valence-electron chi connectivity index (χ3n) is 2.07. The first kappa shape index (κ1) is 12.4. The zero-order valence-corrected chi connectivity index (χ0v) is 9.36. The monoisotopic (exact) mass is 202 g/mol. The summed E-state index contributed by atoms with van der Waals surface area (Å²) >= 11 is 4.86. The maximum Gasteiger partial charge on any atom is 0.232 e. The molecule has 0 radical (unpaired) electrons. The number of carbonyl (C=O) groups excluding carboxylic acids is 1. The van der Waals surface area contributed by atoms with Crippen LogP contribution >= 0.6 is 12.2 Å². The average molecular weight is 202 g/mol. The summed E-state index contributed by atoms with van der Waals surface area (Å²) in [5.41, 5.74) is 5.50. The Balaban J connectivity index is 4.36. The van der Waals surface area contributed by atoms with Crippen molar-refractivity contribution in [2.75, 3.05) is 13.6 Å². The van der Waals surface area contributed by atoms with Crippen molar-refractivity contribution in [2.45, 2.75) is 26.7 Å². The van der Waals surface area contributed by atoms with E-state index in [-0.39, 0.29) is 11.8 Å². The summed E-state index contributed by atoms with van der Waals surface area (Å²) in [6, 6.07) is 0. The van der Waals surface area contributed by atoms with Gasteiger partial charge >= 0.3 is 0 Å². The molecular weight excluding hydrogens is 184 g/mol. The van der Waals surface area contributed by atoms with Gasteiger partial charge in [0.25, 0.3) is 0 Å². The molecule has 0 fully saturated rings. The zero-order chi connectivity index (χ0) is 10.4. The molecule has 0 aromatic rings. The molecule has 1 atom stereocenters. The maximum atomic E-state index is 11.7. The minimum atomic E-state index is -0.273. The molecule has 76 valence electrons. The van der Waals surface area contributed by atoms with Crippen LogP contribution in [0.2, 0.25) is 0 Å². The Hall–Kier alpha value is -0.640. The van der Waals surface area contributed by atoms with E-state index < -0.39 is 0 Å². The average Bonchev–Trinajstić information content (AvgIpc) is 2.11. The van der Waals surface area contributed by atoms with Gasteiger partial charge in [0, 0.05) is 13.6 Å². The van der Waals surface area contributed by atoms with Crippen LogP contribution in [0.25, 0.3) is 0 Å². The van der Waals surface area contributed by atoms with E-state index in [1.165, 1.54) is 0 Å². The van der Waals surface area contributed by atoms with Crippen LogP contribution in [0.15, 0.2) is 0 Å². The van der Waals surface area contributed by atoms with Crippen molar-refractivity contribution < 1.29 is 4.79 Å². The van der Waals surface area contributed by atoms with Gasteiger partial charge in [-0.05, 0) is 13.3 Å². The predicted molar refractivity (Wildman–Crippen MR) is 58.5 cm³/mol. The van der Waals surface area contributed by atoms with Crippen LogP contribution in [-0.4, -0.2) is 29.4 Å². The van der Waals surface area contributed by atoms with Crippen LogP contribution < -0.4 is 5.73 Å². The lowest BCUT2D eigenvalue weighted by Gasteiger charge is -2.21. The molecule has 0 saturated heterocycles. The fourth-order valence-electron chi connectivity index (χ4n) is 1.10. The van der Waals surface area contributed by atoms with E-state index in [0.717, 1.165) is 12.8 Å². The van der Waals surface area contributed by atoms with E-state index in [0.29, 0.717) is 11.5 Å². The molecular formula is C9H18N2OS. The van der Waals surface area contributed by atoms with Gasteiger partial charge in [0.15, 0.2) is 0 Å². The van der Waals surface area contributed by atoms with Crippen molar-refractivity contribution in [3.05, 3.63) is 0 Å². The highest BCUT2D eigenvalue weighted by Gasteiger charge is 2.22. The van der Waals surface area contributed by atoms with Gasteiger partial charge in [0.2, 0.25) is 5.91 Å². The van der Waals surface area contributed by atoms with E-state index >= 15 is 0 Å². The molecule has 0 rings (SSSR count). The Morgan fingerprint density at radius 3 is 2.38 bits per heavy atom. The lowest BCUT2D eigenvalue weighted by molar-refractivity contribution is -0.131. The molecule has 0 aliphatic heterocycles. The first-order valence-corrected chi connectivity index (χ1v) is 4.99. The Morgan fingerprint density at radius 1 is 1.54 bits per heavy atom. The van der Waals surface area contributed by atoms with Crippen molar-refractivity contribution in [3.8, 4) is 0 Å². The largest absolute Gasteiger partial charge is 0.393 e. The molecule has 0 aromatic heterocycles. The number of hydrogen-bond acceptors (Lipinski definition) is 2. The molecule has 0 aliphatic carbocycles. The molecule has 1 amide bonds. The van der Waals surface area contributed by atoms with Crippen LogP contribution in [0.1, 0.15) is 26.7 Å². The zero-order valence-electron chi connectivity index (χ0n) is 8.54. The topological polar surface area (TPSA) is 46.3 Å². The normalized spacial score (nSPS) is 12.2. The van der Waals surface area contributed by atoms with Crippen LogP contribution in [0, 0.1) is 5.92 Å². The second-order valence-electron chi connectivity index (χ2n) is 3.10. The van der Waals surface area contributed by atoms with E-state index in [1.54, 1.807) is 11.9 Å².